The van der Waals surface area contributed by atoms with Crippen LogP contribution in [0.2, 0.25) is 0 Å². The van der Waals surface area contributed by atoms with Crippen molar-refractivity contribution in [2.24, 2.45) is 5.92 Å². The van der Waals surface area contributed by atoms with Crippen LogP contribution in [-0.4, -0.2) is 46.6 Å². The number of carbonyl (C=O) groups is 1. The zero-order valence-electron chi connectivity index (χ0n) is 14.6. The second kappa shape index (κ2) is 7.62. The number of piperidine rings is 1. The van der Waals surface area contributed by atoms with Gasteiger partial charge in [0.25, 0.3) is 0 Å². The lowest BCUT2D eigenvalue weighted by atomic mass is 9.85. The quantitative estimate of drug-likeness (QED) is 0.886. The minimum Gasteiger partial charge on any atom is -0.385 e. The molecule has 132 valence electrons. The molecule has 0 atom stereocenters. The number of likely N-dealkylation sites (tertiary alicyclic amines) is 1. The molecule has 2 heterocycles. The van der Waals surface area contributed by atoms with Gasteiger partial charge in [-0.2, -0.15) is 0 Å². The summed E-state index contributed by atoms with van der Waals surface area (Å²) in [4.78, 5) is 18.5. The van der Waals surface area contributed by atoms with E-state index in [4.69, 9.17) is 0 Å². The van der Waals surface area contributed by atoms with Gasteiger partial charge in [0.05, 0.1) is 12.1 Å². The molecule has 5 heteroatoms. The van der Waals surface area contributed by atoms with Gasteiger partial charge in [0.1, 0.15) is 0 Å². The summed E-state index contributed by atoms with van der Waals surface area (Å²) in [7, 11) is 0. The van der Waals surface area contributed by atoms with E-state index in [0.717, 1.165) is 37.4 Å². The summed E-state index contributed by atoms with van der Waals surface area (Å²) < 4.78 is 0. The number of nitrogens with one attached hydrogen (secondary N) is 1. The molecule has 0 spiro atoms. The summed E-state index contributed by atoms with van der Waals surface area (Å²) in [6.45, 7) is 4.20. The lowest BCUT2D eigenvalue weighted by molar-refractivity contribution is -0.124. The Morgan fingerprint density at radius 1 is 1.33 bits per heavy atom. The third-order valence-electron chi connectivity index (χ3n) is 5.63. The second-order valence-corrected chi connectivity index (χ2v) is 7.57. The van der Waals surface area contributed by atoms with Crippen molar-refractivity contribution >= 4 is 5.91 Å². The molecule has 0 aromatic carbocycles. The SMILES string of the molecule is CC1CCC(NC(=O)CN2CCC(O)(c3cccnc3)CC2)CC1. The van der Waals surface area contributed by atoms with Gasteiger partial charge in [0.15, 0.2) is 0 Å². The summed E-state index contributed by atoms with van der Waals surface area (Å²) in [5, 5.41) is 14.0. The van der Waals surface area contributed by atoms with E-state index >= 15 is 0 Å². The molecule has 1 aromatic heterocycles. The fourth-order valence-corrected chi connectivity index (χ4v) is 3.89. The minimum absolute atomic E-state index is 0.126. The van der Waals surface area contributed by atoms with Gasteiger partial charge < -0.3 is 10.4 Å². The average Bonchev–Trinajstić information content (AvgIpc) is 2.60. The molecule has 2 fully saturated rings. The highest BCUT2D eigenvalue weighted by Gasteiger charge is 2.34. The predicted molar refractivity (Wildman–Crippen MR) is 93.4 cm³/mol. The van der Waals surface area contributed by atoms with Crippen LogP contribution >= 0.6 is 0 Å². The third-order valence-corrected chi connectivity index (χ3v) is 5.63. The average molecular weight is 331 g/mol. The van der Waals surface area contributed by atoms with E-state index in [-0.39, 0.29) is 5.91 Å². The molecule has 2 aliphatic rings. The molecule has 1 aromatic rings. The summed E-state index contributed by atoms with van der Waals surface area (Å²) in [6, 6.07) is 4.14. The van der Waals surface area contributed by atoms with Gasteiger partial charge in [0, 0.05) is 37.1 Å². The molecule has 24 heavy (non-hydrogen) atoms. The largest absolute Gasteiger partial charge is 0.385 e. The highest BCUT2D eigenvalue weighted by Crippen LogP contribution is 2.32. The molecule has 5 nitrogen and oxygen atoms in total. The van der Waals surface area contributed by atoms with E-state index in [1.165, 1.54) is 12.8 Å². The zero-order chi connectivity index (χ0) is 17.0. The van der Waals surface area contributed by atoms with Crippen LogP contribution in [0.3, 0.4) is 0 Å². The summed E-state index contributed by atoms with van der Waals surface area (Å²) >= 11 is 0. The highest BCUT2D eigenvalue weighted by molar-refractivity contribution is 5.78. The van der Waals surface area contributed by atoms with Crippen LogP contribution < -0.4 is 5.32 Å². The Labute approximate surface area is 144 Å². The normalized spacial score (nSPS) is 27.6. The molecule has 2 N–H and O–H groups in total. The molecule has 1 saturated carbocycles. The van der Waals surface area contributed by atoms with Gasteiger partial charge in [-0.25, -0.2) is 0 Å². The van der Waals surface area contributed by atoms with E-state index in [9.17, 15) is 9.90 Å². The maximum absolute atomic E-state index is 12.3. The first kappa shape index (κ1) is 17.4. The molecular formula is C19H29N3O2. The van der Waals surface area contributed by atoms with Crippen molar-refractivity contribution in [1.82, 2.24) is 15.2 Å². The van der Waals surface area contributed by atoms with Crippen molar-refractivity contribution in [3.63, 3.8) is 0 Å². The molecule has 0 radical (unpaired) electrons. The van der Waals surface area contributed by atoms with Crippen molar-refractivity contribution in [2.45, 2.75) is 57.1 Å². The Kier molecular flexibility index (Phi) is 5.51. The van der Waals surface area contributed by atoms with Crippen LogP contribution in [0.5, 0.6) is 0 Å². The van der Waals surface area contributed by atoms with Gasteiger partial charge in [-0.3, -0.25) is 14.7 Å². The van der Waals surface area contributed by atoms with Crippen LogP contribution in [0, 0.1) is 5.92 Å². The predicted octanol–water partition coefficient (Wildman–Crippen LogP) is 2.06. The number of amides is 1. The number of hydrogen-bond donors (Lipinski definition) is 2. The van der Waals surface area contributed by atoms with Gasteiger partial charge >= 0.3 is 0 Å². The van der Waals surface area contributed by atoms with E-state index in [2.05, 4.69) is 22.1 Å². The molecule has 0 unspecified atom stereocenters. The number of aliphatic hydroxyl groups is 1. The molecule has 3 rings (SSSR count). The fourth-order valence-electron chi connectivity index (χ4n) is 3.89. The molecule has 1 aliphatic heterocycles. The first-order chi connectivity index (χ1) is 11.5. The summed E-state index contributed by atoms with van der Waals surface area (Å²) in [5.41, 5.74) is 0.0752. The van der Waals surface area contributed by atoms with Crippen LogP contribution in [0.1, 0.15) is 51.0 Å². The Bertz CT molecular complexity index is 533. The lowest BCUT2D eigenvalue weighted by Crippen LogP contribution is -2.48. The number of pyridine rings is 1. The molecule has 0 bridgehead atoms. The maximum Gasteiger partial charge on any atom is 0.234 e. The van der Waals surface area contributed by atoms with Gasteiger partial charge in [0.2, 0.25) is 5.91 Å². The maximum atomic E-state index is 12.3. The van der Waals surface area contributed by atoms with Gasteiger partial charge in [-0.15, -0.1) is 0 Å². The van der Waals surface area contributed by atoms with Crippen LogP contribution in [-0.2, 0) is 10.4 Å². The van der Waals surface area contributed by atoms with Crippen molar-refractivity contribution in [3.05, 3.63) is 30.1 Å². The van der Waals surface area contributed by atoms with Crippen molar-refractivity contribution in [3.8, 4) is 0 Å². The summed E-state index contributed by atoms with van der Waals surface area (Å²) in [5.74, 6) is 0.923. The minimum atomic E-state index is -0.805. The highest BCUT2D eigenvalue weighted by atomic mass is 16.3. The standard InChI is InChI=1S/C19H29N3O2/c1-15-4-6-17(7-5-15)21-18(23)14-22-11-8-19(24,9-12-22)16-3-2-10-20-13-16/h2-3,10,13,15,17,24H,4-9,11-12,14H2,1H3,(H,21,23). The van der Waals surface area contributed by atoms with E-state index in [0.29, 0.717) is 25.4 Å². The molecule has 1 saturated heterocycles. The van der Waals surface area contributed by atoms with Crippen LogP contribution in [0.15, 0.2) is 24.5 Å². The Hall–Kier alpha value is -1.46. The number of nitrogens with zero attached hydrogens (tertiary/aromatic N) is 2. The fraction of sp³-hybridized carbons (Fsp3) is 0.684. The summed E-state index contributed by atoms with van der Waals surface area (Å²) in [6.07, 6.45) is 9.39. The molecule has 1 amide bonds. The monoisotopic (exact) mass is 331 g/mol. The zero-order valence-corrected chi connectivity index (χ0v) is 14.6. The number of carbonyl (C=O) groups excluding carboxylic acids is 1. The Morgan fingerprint density at radius 3 is 2.67 bits per heavy atom. The second-order valence-electron chi connectivity index (χ2n) is 7.57. The molecule has 1 aliphatic carbocycles. The van der Waals surface area contributed by atoms with Gasteiger partial charge in [-0.05, 0) is 50.5 Å². The topological polar surface area (TPSA) is 65.5 Å². The third kappa shape index (κ3) is 4.33. The van der Waals surface area contributed by atoms with Crippen molar-refractivity contribution in [1.29, 1.82) is 0 Å². The van der Waals surface area contributed by atoms with E-state index in [1.54, 1.807) is 12.4 Å². The Morgan fingerprint density at radius 2 is 2.04 bits per heavy atom. The molecular weight excluding hydrogens is 302 g/mol. The first-order valence-corrected chi connectivity index (χ1v) is 9.20. The lowest BCUT2D eigenvalue weighted by Gasteiger charge is -2.38. The van der Waals surface area contributed by atoms with Crippen LogP contribution in [0.4, 0.5) is 0 Å². The van der Waals surface area contributed by atoms with Crippen LogP contribution in [0.25, 0.3) is 0 Å². The smallest absolute Gasteiger partial charge is 0.234 e. The number of rotatable bonds is 4. The van der Waals surface area contributed by atoms with Gasteiger partial charge in [-0.1, -0.05) is 13.0 Å². The van der Waals surface area contributed by atoms with E-state index in [1.807, 2.05) is 12.1 Å². The van der Waals surface area contributed by atoms with Crippen molar-refractivity contribution in [2.75, 3.05) is 19.6 Å². The number of hydrogen-bond acceptors (Lipinski definition) is 4. The number of aromatic nitrogens is 1. The first-order valence-electron chi connectivity index (χ1n) is 9.20. The van der Waals surface area contributed by atoms with Crippen molar-refractivity contribution < 1.29 is 9.90 Å². The van der Waals surface area contributed by atoms with E-state index < -0.39 is 5.60 Å². The Balaban J connectivity index is 1.44.